The number of hydrogen-bond donors (Lipinski definition) is 2. The van der Waals surface area contributed by atoms with E-state index in [2.05, 4.69) is 10.2 Å². The highest BCUT2D eigenvalue weighted by Crippen LogP contribution is 2.38. The molecule has 32 heavy (non-hydrogen) atoms. The first-order valence-corrected chi connectivity index (χ1v) is 12.6. The van der Waals surface area contributed by atoms with Crippen molar-refractivity contribution in [2.75, 3.05) is 18.4 Å². The molecule has 9 heteroatoms. The Bertz CT molecular complexity index is 1130. The summed E-state index contributed by atoms with van der Waals surface area (Å²) in [7, 11) is -4.22. The Morgan fingerprint density at radius 3 is 2.47 bits per heavy atom. The van der Waals surface area contributed by atoms with E-state index in [0.29, 0.717) is 23.6 Å². The zero-order chi connectivity index (χ0) is 23.2. The lowest BCUT2D eigenvalue weighted by Crippen LogP contribution is -2.35. The number of sulfonamides is 1. The number of urea groups is 1. The van der Waals surface area contributed by atoms with Crippen LogP contribution in [-0.4, -0.2) is 32.4 Å². The fourth-order valence-electron chi connectivity index (χ4n) is 4.72. The topological polar surface area (TPSA) is 91.7 Å². The minimum Gasteiger partial charge on any atom is -0.447 e. The molecule has 1 saturated heterocycles. The summed E-state index contributed by atoms with van der Waals surface area (Å²) in [5.74, 6) is 0.274. The molecule has 2 bridgehead atoms. The van der Waals surface area contributed by atoms with Gasteiger partial charge in [0.25, 0.3) is 10.0 Å². The molecule has 0 aliphatic carbocycles. The number of nitrogens with zero attached hydrogens (tertiary/aromatic N) is 1. The largest absolute Gasteiger partial charge is 0.447 e. The maximum Gasteiger partial charge on any atom is 0.333 e. The second kappa shape index (κ2) is 8.51. The Hall–Kier alpha value is -2.39. The van der Waals surface area contributed by atoms with Crippen LogP contribution in [0.3, 0.4) is 0 Å². The Kier molecular flexibility index (Phi) is 6.06. The van der Waals surface area contributed by atoms with E-state index in [1.165, 1.54) is 12.1 Å². The van der Waals surface area contributed by atoms with Gasteiger partial charge in [-0.25, -0.2) is 13.9 Å². The number of halogens is 1. The molecular formula is C23H30FN3O4S. The maximum atomic E-state index is 14.5. The van der Waals surface area contributed by atoms with Crippen molar-refractivity contribution in [1.82, 2.24) is 9.62 Å². The smallest absolute Gasteiger partial charge is 0.333 e. The zero-order valence-electron chi connectivity index (χ0n) is 18.9. The molecule has 0 atom stereocenters. The van der Waals surface area contributed by atoms with Crippen LogP contribution in [0.5, 0.6) is 0 Å². The van der Waals surface area contributed by atoms with Crippen molar-refractivity contribution in [3.63, 3.8) is 0 Å². The molecule has 0 saturated carbocycles. The summed E-state index contributed by atoms with van der Waals surface area (Å²) >= 11 is 0. The quantitative estimate of drug-likeness (QED) is 0.660. The van der Waals surface area contributed by atoms with Gasteiger partial charge in [0.15, 0.2) is 0 Å². The van der Waals surface area contributed by atoms with Crippen LogP contribution in [0.1, 0.15) is 80.7 Å². The van der Waals surface area contributed by atoms with Crippen molar-refractivity contribution in [3.8, 4) is 0 Å². The van der Waals surface area contributed by atoms with Gasteiger partial charge in [0.1, 0.15) is 11.6 Å². The SMILES string of the molecule is CC(C)c1ccc(F)c(C(C)C)c1NC(=O)NS(=O)(=O)c1cc2c(o1)C1CCN(CC1)C2. The molecule has 3 aliphatic heterocycles. The Morgan fingerprint density at radius 1 is 1.16 bits per heavy atom. The summed E-state index contributed by atoms with van der Waals surface area (Å²) in [6.07, 6.45) is 1.87. The molecule has 5 rings (SSSR count). The third-order valence-electron chi connectivity index (χ3n) is 6.33. The van der Waals surface area contributed by atoms with E-state index in [0.717, 1.165) is 37.1 Å². The van der Waals surface area contributed by atoms with Crippen LogP contribution in [0.2, 0.25) is 0 Å². The summed E-state index contributed by atoms with van der Waals surface area (Å²) in [4.78, 5) is 15.0. The average molecular weight is 464 g/mol. The number of anilines is 1. The van der Waals surface area contributed by atoms with Crippen molar-refractivity contribution in [2.45, 2.75) is 69.9 Å². The fourth-order valence-corrected chi connectivity index (χ4v) is 5.61. The molecule has 3 aliphatic rings. The number of piperidine rings is 1. The number of carbonyl (C=O) groups excluding carboxylic acids is 1. The van der Waals surface area contributed by atoms with Crippen LogP contribution in [0.15, 0.2) is 27.7 Å². The standard InChI is InChI=1S/C23H30FN3O4S/c1-13(2)17-5-6-18(24)20(14(3)4)21(17)25-23(28)26-32(29,30)19-11-16-12-27-9-7-15(8-10-27)22(16)31-19/h5-6,11,13-15H,7-10,12H2,1-4H3,(H2,25,26,28). The second-order valence-corrected chi connectivity index (χ2v) is 10.9. The Morgan fingerprint density at radius 2 is 1.84 bits per heavy atom. The third-order valence-corrected chi connectivity index (χ3v) is 7.51. The van der Waals surface area contributed by atoms with Crippen LogP contribution in [0.4, 0.5) is 14.9 Å². The zero-order valence-corrected chi connectivity index (χ0v) is 19.7. The molecule has 0 unspecified atom stereocenters. The molecule has 2 amide bonds. The van der Waals surface area contributed by atoms with Crippen molar-refractivity contribution in [1.29, 1.82) is 0 Å². The van der Waals surface area contributed by atoms with Gasteiger partial charge >= 0.3 is 6.03 Å². The molecule has 0 radical (unpaired) electrons. The number of carbonyl (C=O) groups is 1. The van der Waals surface area contributed by atoms with Gasteiger partial charge in [-0.2, -0.15) is 8.42 Å². The lowest BCUT2D eigenvalue weighted by Gasteiger charge is -2.26. The van der Waals surface area contributed by atoms with Gasteiger partial charge in [-0.1, -0.05) is 33.8 Å². The molecule has 1 fully saturated rings. The summed E-state index contributed by atoms with van der Waals surface area (Å²) in [6.45, 7) is 10.1. The number of benzene rings is 1. The van der Waals surface area contributed by atoms with Gasteiger partial charge in [-0.05, 0) is 49.4 Å². The van der Waals surface area contributed by atoms with Gasteiger partial charge in [-0.3, -0.25) is 4.90 Å². The average Bonchev–Trinajstić information content (AvgIpc) is 2.98. The highest BCUT2D eigenvalue weighted by Gasteiger charge is 2.34. The highest BCUT2D eigenvalue weighted by atomic mass is 32.2. The van der Waals surface area contributed by atoms with Gasteiger partial charge < -0.3 is 9.73 Å². The van der Waals surface area contributed by atoms with Crippen LogP contribution >= 0.6 is 0 Å². The van der Waals surface area contributed by atoms with Gasteiger partial charge in [-0.15, -0.1) is 0 Å². The van der Waals surface area contributed by atoms with Gasteiger partial charge in [0.2, 0.25) is 5.09 Å². The Balaban J connectivity index is 1.59. The molecule has 0 spiro atoms. The minimum absolute atomic E-state index is 0.00571. The van der Waals surface area contributed by atoms with E-state index in [1.54, 1.807) is 6.07 Å². The minimum atomic E-state index is -4.22. The van der Waals surface area contributed by atoms with Gasteiger partial charge in [0.05, 0.1) is 5.69 Å². The molecule has 4 heterocycles. The number of rotatable bonds is 5. The highest BCUT2D eigenvalue weighted by molar-refractivity contribution is 7.89. The summed E-state index contributed by atoms with van der Waals surface area (Å²) < 4.78 is 48.1. The molecule has 7 nitrogen and oxygen atoms in total. The Labute approximate surface area is 188 Å². The van der Waals surface area contributed by atoms with Crippen LogP contribution in [-0.2, 0) is 16.6 Å². The number of hydrogen-bond acceptors (Lipinski definition) is 5. The fraction of sp³-hybridized carbons (Fsp3) is 0.522. The second-order valence-electron chi connectivity index (χ2n) is 9.30. The summed E-state index contributed by atoms with van der Waals surface area (Å²) in [5, 5.41) is 2.32. The maximum absolute atomic E-state index is 14.5. The van der Waals surface area contributed by atoms with Crippen LogP contribution < -0.4 is 10.0 Å². The molecule has 1 aromatic heterocycles. The number of furan rings is 1. The number of amides is 2. The lowest BCUT2D eigenvalue weighted by molar-refractivity contribution is 0.212. The van der Waals surface area contributed by atoms with Crippen molar-refractivity contribution >= 4 is 21.7 Å². The first-order valence-electron chi connectivity index (χ1n) is 11.1. The summed E-state index contributed by atoms with van der Waals surface area (Å²) in [5.41, 5.74) is 2.25. The van der Waals surface area contributed by atoms with E-state index < -0.39 is 21.9 Å². The lowest BCUT2D eigenvalue weighted by atomic mass is 9.92. The molecule has 2 N–H and O–H groups in total. The summed E-state index contributed by atoms with van der Waals surface area (Å²) in [6, 6.07) is 3.56. The van der Waals surface area contributed by atoms with E-state index in [9.17, 15) is 17.6 Å². The molecule has 1 aromatic carbocycles. The first-order chi connectivity index (χ1) is 15.1. The normalized spacial score (nSPS) is 20.3. The molecular weight excluding hydrogens is 433 g/mol. The number of fused-ring (bicyclic) bond motifs is 2. The van der Waals surface area contributed by atoms with E-state index >= 15 is 0 Å². The predicted octanol–water partition coefficient (Wildman–Crippen LogP) is 4.87. The van der Waals surface area contributed by atoms with Crippen LogP contribution in [0.25, 0.3) is 0 Å². The van der Waals surface area contributed by atoms with E-state index in [4.69, 9.17) is 4.42 Å². The van der Waals surface area contributed by atoms with E-state index in [1.807, 2.05) is 32.4 Å². The van der Waals surface area contributed by atoms with Crippen molar-refractivity contribution in [3.05, 3.63) is 46.5 Å². The molecule has 174 valence electrons. The van der Waals surface area contributed by atoms with Gasteiger partial charge in [0, 0.05) is 29.7 Å². The molecule has 2 aromatic rings. The predicted molar refractivity (Wildman–Crippen MR) is 120 cm³/mol. The van der Waals surface area contributed by atoms with Crippen LogP contribution in [0, 0.1) is 5.82 Å². The number of nitrogens with one attached hydrogen (secondary N) is 2. The monoisotopic (exact) mass is 463 g/mol. The first kappa shape index (κ1) is 22.8. The van der Waals surface area contributed by atoms with E-state index in [-0.39, 0.29) is 22.8 Å². The van der Waals surface area contributed by atoms with Crippen molar-refractivity contribution in [2.24, 2.45) is 0 Å². The third kappa shape index (κ3) is 4.28. The van der Waals surface area contributed by atoms with Crippen molar-refractivity contribution < 1.29 is 22.0 Å².